The summed E-state index contributed by atoms with van der Waals surface area (Å²) in [7, 11) is 1.41. The minimum atomic E-state index is -0.427. The van der Waals surface area contributed by atoms with Gasteiger partial charge in [-0.15, -0.1) is 0 Å². The minimum absolute atomic E-state index is 0.259. The Balaban J connectivity index is 2.18. The van der Waals surface area contributed by atoms with Crippen LogP contribution in [0.5, 0.6) is 0 Å². The fourth-order valence-electron chi connectivity index (χ4n) is 2.81. The molecule has 0 fully saturated rings. The van der Waals surface area contributed by atoms with Gasteiger partial charge < -0.3 is 9.72 Å². The van der Waals surface area contributed by atoms with Gasteiger partial charge in [0.1, 0.15) is 0 Å². The molecule has 104 valence electrons. The Morgan fingerprint density at radius 1 is 1.40 bits per heavy atom. The molecule has 0 aliphatic carbocycles. The molecule has 1 aliphatic heterocycles. The number of methoxy groups -OCH3 is 1. The Labute approximate surface area is 117 Å². The zero-order valence-corrected chi connectivity index (χ0v) is 11.9. The van der Waals surface area contributed by atoms with Crippen LogP contribution < -0.4 is 0 Å². The second-order valence-corrected chi connectivity index (χ2v) is 5.44. The summed E-state index contributed by atoms with van der Waals surface area (Å²) in [5.74, 6) is -0.00616. The van der Waals surface area contributed by atoms with Crippen LogP contribution in [0.25, 0.3) is 10.9 Å². The number of fused-ring (bicyclic) bond motifs is 3. The summed E-state index contributed by atoms with van der Waals surface area (Å²) in [6.07, 6.45) is 0.599. The molecule has 0 saturated carbocycles. The van der Waals surface area contributed by atoms with Crippen molar-refractivity contribution in [1.82, 2.24) is 4.98 Å². The van der Waals surface area contributed by atoms with Crippen molar-refractivity contribution in [3.05, 3.63) is 35.5 Å². The highest BCUT2D eigenvalue weighted by Crippen LogP contribution is 2.30. The Bertz CT molecular complexity index is 698. The normalized spacial score (nSPS) is 18.0. The van der Waals surface area contributed by atoms with Crippen LogP contribution in [-0.4, -0.2) is 29.8 Å². The third-order valence-electron chi connectivity index (χ3n) is 3.78. The summed E-state index contributed by atoms with van der Waals surface area (Å²) in [5, 5.41) is 1.17. The molecule has 1 atom stereocenters. The molecule has 0 radical (unpaired) electrons. The number of hydrogen-bond acceptors (Lipinski definition) is 3. The van der Waals surface area contributed by atoms with Gasteiger partial charge in [0, 0.05) is 17.3 Å². The molecule has 0 saturated heterocycles. The van der Waals surface area contributed by atoms with Crippen molar-refractivity contribution < 1.29 is 9.53 Å². The number of rotatable bonds is 2. The summed E-state index contributed by atoms with van der Waals surface area (Å²) in [5.41, 5.74) is 4.30. The van der Waals surface area contributed by atoms with Crippen LogP contribution in [0.3, 0.4) is 0 Å². The molecule has 2 aromatic rings. The van der Waals surface area contributed by atoms with E-state index in [1.54, 1.807) is 0 Å². The van der Waals surface area contributed by atoms with Crippen LogP contribution in [0.15, 0.2) is 29.3 Å². The van der Waals surface area contributed by atoms with E-state index in [-0.39, 0.29) is 11.9 Å². The number of nitrogens with one attached hydrogen (secondary N) is 1. The number of hydrogen-bond donors (Lipinski definition) is 1. The molecule has 0 amide bonds. The van der Waals surface area contributed by atoms with Crippen LogP contribution in [0.4, 0.5) is 0 Å². The molecule has 1 unspecified atom stereocenters. The first-order chi connectivity index (χ1) is 9.61. The topological polar surface area (TPSA) is 54.5 Å². The van der Waals surface area contributed by atoms with Gasteiger partial charge in [0.25, 0.3) is 0 Å². The Hall–Kier alpha value is -2.10. The molecular weight excluding hydrogens is 252 g/mol. The van der Waals surface area contributed by atoms with E-state index in [1.807, 2.05) is 12.1 Å². The number of ether oxygens (including phenoxy) is 1. The van der Waals surface area contributed by atoms with Crippen molar-refractivity contribution in [3.8, 4) is 0 Å². The summed E-state index contributed by atoms with van der Waals surface area (Å²) >= 11 is 0. The van der Waals surface area contributed by atoms with Crippen molar-refractivity contribution in [1.29, 1.82) is 0 Å². The predicted octanol–water partition coefficient (Wildman–Crippen LogP) is 2.71. The lowest BCUT2D eigenvalue weighted by atomic mass is 9.92. The number of para-hydroxylation sites is 1. The lowest BCUT2D eigenvalue weighted by Crippen LogP contribution is -2.30. The smallest absolute Gasteiger partial charge is 0.330 e. The molecule has 20 heavy (non-hydrogen) atoms. The van der Waals surface area contributed by atoms with Crippen molar-refractivity contribution >= 4 is 22.6 Å². The van der Waals surface area contributed by atoms with Crippen molar-refractivity contribution in [3.63, 3.8) is 0 Å². The lowest BCUT2D eigenvalue weighted by molar-refractivity contribution is -0.142. The molecule has 4 heteroatoms. The number of benzene rings is 1. The first-order valence-electron chi connectivity index (χ1n) is 6.87. The number of aromatic nitrogens is 1. The quantitative estimate of drug-likeness (QED) is 0.853. The number of carbonyl (C=O) groups is 1. The third kappa shape index (κ3) is 1.92. The zero-order valence-electron chi connectivity index (χ0n) is 11.9. The Morgan fingerprint density at radius 3 is 2.85 bits per heavy atom. The number of aliphatic imine (C=N–C) groups is 1. The van der Waals surface area contributed by atoms with Crippen molar-refractivity contribution in [2.45, 2.75) is 26.3 Å². The molecule has 4 nitrogen and oxygen atoms in total. The fourth-order valence-corrected chi connectivity index (χ4v) is 2.81. The number of nitrogens with zero attached hydrogens (tertiary/aromatic N) is 1. The van der Waals surface area contributed by atoms with Crippen LogP contribution in [0, 0.1) is 5.92 Å². The Kier molecular flexibility index (Phi) is 3.08. The van der Waals surface area contributed by atoms with E-state index in [2.05, 4.69) is 36.0 Å². The largest absolute Gasteiger partial charge is 0.467 e. The molecule has 2 heterocycles. The molecule has 1 N–H and O–H groups in total. The summed E-state index contributed by atoms with van der Waals surface area (Å²) < 4.78 is 4.87. The molecule has 0 bridgehead atoms. The standard InChI is InChI=1S/C16H18N2O2/c1-9(2)14-15-11(8-13(18-14)16(19)20-3)10-6-4-5-7-12(10)17-15/h4-7,9,13,17H,8H2,1-3H3. The molecule has 1 aromatic carbocycles. The second kappa shape index (κ2) is 4.78. The van der Waals surface area contributed by atoms with Gasteiger partial charge in [0.2, 0.25) is 0 Å². The number of aromatic amines is 1. The van der Waals surface area contributed by atoms with E-state index >= 15 is 0 Å². The highest BCUT2D eigenvalue weighted by molar-refractivity contribution is 6.08. The van der Waals surface area contributed by atoms with Crippen LogP contribution in [0.2, 0.25) is 0 Å². The van der Waals surface area contributed by atoms with E-state index in [0.717, 1.165) is 16.9 Å². The maximum Gasteiger partial charge on any atom is 0.330 e. The minimum Gasteiger partial charge on any atom is -0.467 e. The average Bonchev–Trinajstić information content (AvgIpc) is 2.83. The van der Waals surface area contributed by atoms with Gasteiger partial charge >= 0.3 is 5.97 Å². The molecule has 0 spiro atoms. The van der Waals surface area contributed by atoms with E-state index in [9.17, 15) is 4.79 Å². The van der Waals surface area contributed by atoms with Gasteiger partial charge in [0.15, 0.2) is 6.04 Å². The summed E-state index contributed by atoms with van der Waals surface area (Å²) in [6.45, 7) is 4.18. The van der Waals surface area contributed by atoms with Crippen LogP contribution in [-0.2, 0) is 16.0 Å². The van der Waals surface area contributed by atoms with Crippen molar-refractivity contribution in [2.75, 3.05) is 7.11 Å². The summed E-state index contributed by atoms with van der Waals surface area (Å²) in [4.78, 5) is 19.9. The molecule has 1 aromatic heterocycles. The first-order valence-corrected chi connectivity index (χ1v) is 6.87. The highest BCUT2D eigenvalue weighted by Gasteiger charge is 2.30. The third-order valence-corrected chi connectivity index (χ3v) is 3.78. The number of H-pyrrole nitrogens is 1. The van der Waals surface area contributed by atoms with Gasteiger partial charge in [-0.1, -0.05) is 32.0 Å². The van der Waals surface area contributed by atoms with Crippen LogP contribution in [0.1, 0.15) is 25.1 Å². The van der Waals surface area contributed by atoms with Gasteiger partial charge in [-0.05, 0) is 17.5 Å². The summed E-state index contributed by atoms with van der Waals surface area (Å²) in [6, 6.07) is 7.74. The number of esters is 1. The van der Waals surface area contributed by atoms with Gasteiger partial charge in [0.05, 0.1) is 18.5 Å². The van der Waals surface area contributed by atoms with E-state index in [1.165, 1.54) is 18.1 Å². The van der Waals surface area contributed by atoms with E-state index in [4.69, 9.17) is 4.74 Å². The van der Waals surface area contributed by atoms with Crippen LogP contribution >= 0.6 is 0 Å². The van der Waals surface area contributed by atoms with Gasteiger partial charge in [-0.3, -0.25) is 4.99 Å². The van der Waals surface area contributed by atoms with E-state index in [0.29, 0.717) is 6.42 Å². The lowest BCUT2D eigenvalue weighted by Gasteiger charge is -2.21. The van der Waals surface area contributed by atoms with Gasteiger partial charge in [-0.2, -0.15) is 0 Å². The highest BCUT2D eigenvalue weighted by atomic mass is 16.5. The fraction of sp³-hybridized carbons (Fsp3) is 0.375. The molecular formula is C16H18N2O2. The maximum atomic E-state index is 11.9. The molecule has 1 aliphatic rings. The van der Waals surface area contributed by atoms with E-state index < -0.39 is 6.04 Å². The second-order valence-electron chi connectivity index (χ2n) is 5.44. The monoisotopic (exact) mass is 270 g/mol. The Morgan fingerprint density at radius 2 is 2.15 bits per heavy atom. The number of carbonyl (C=O) groups excluding carboxylic acids is 1. The SMILES string of the molecule is COC(=O)C1Cc2c([nH]c3ccccc23)C(C(C)C)=N1. The molecule has 3 rings (SSSR count). The maximum absolute atomic E-state index is 11.9. The zero-order chi connectivity index (χ0) is 14.3. The first kappa shape index (κ1) is 12.9. The predicted molar refractivity (Wildman–Crippen MR) is 79.2 cm³/mol. The average molecular weight is 270 g/mol. The van der Waals surface area contributed by atoms with Crippen molar-refractivity contribution in [2.24, 2.45) is 10.9 Å². The van der Waals surface area contributed by atoms with Gasteiger partial charge in [-0.25, -0.2) is 4.79 Å².